The molecule has 0 spiro atoms. The van der Waals surface area contributed by atoms with Crippen molar-refractivity contribution < 1.29 is 4.92 Å². The molecule has 92 valence electrons. The van der Waals surface area contributed by atoms with E-state index in [0.717, 1.165) is 5.56 Å². The van der Waals surface area contributed by atoms with Gasteiger partial charge in [0.25, 0.3) is 0 Å². The summed E-state index contributed by atoms with van der Waals surface area (Å²) in [7, 11) is 0. The molecule has 4 heteroatoms. The van der Waals surface area contributed by atoms with E-state index in [4.69, 9.17) is 0 Å². The monoisotopic (exact) mass is 242 g/mol. The van der Waals surface area contributed by atoms with Crippen molar-refractivity contribution in [3.05, 3.63) is 58.3 Å². The Hall–Kier alpha value is -2.23. The van der Waals surface area contributed by atoms with Crippen LogP contribution in [0.2, 0.25) is 0 Å². The van der Waals surface area contributed by atoms with Crippen LogP contribution in [0.3, 0.4) is 0 Å². The lowest BCUT2D eigenvalue weighted by atomic mass is 9.99. The average molecular weight is 242 g/mol. The number of nitro groups is 1. The van der Waals surface area contributed by atoms with Gasteiger partial charge in [-0.2, -0.15) is 0 Å². The second kappa shape index (κ2) is 4.96. The zero-order valence-electron chi connectivity index (χ0n) is 10.3. The summed E-state index contributed by atoms with van der Waals surface area (Å²) in [5, 5.41) is 10.9. The van der Waals surface area contributed by atoms with Gasteiger partial charge in [0.2, 0.25) is 0 Å². The smallest absolute Gasteiger partial charge is 0.358 e. The van der Waals surface area contributed by atoms with Crippen molar-refractivity contribution in [3.8, 4) is 11.1 Å². The van der Waals surface area contributed by atoms with Crippen LogP contribution in [0.4, 0.5) is 5.82 Å². The molecule has 0 N–H and O–H groups in total. The molecule has 0 amide bonds. The van der Waals surface area contributed by atoms with Gasteiger partial charge in [0.05, 0.1) is 5.56 Å². The molecule has 1 heterocycles. The van der Waals surface area contributed by atoms with Crippen molar-refractivity contribution in [3.63, 3.8) is 0 Å². The van der Waals surface area contributed by atoms with Crippen LogP contribution in [-0.4, -0.2) is 9.91 Å². The largest absolute Gasteiger partial charge is 0.371 e. The number of rotatable bonds is 3. The van der Waals surface area contributed by atoms with Crippen molar-refractivity contribution >= 4 is 5.82 Å². The summed E-state index contributed by atoms with van der Waals surface area (Å²) in [6.45, 7) is 4.23. The first-order valence-electron chi connectivity index (χ1n) is 5.79. The second-order valence-electron chi connectivity index (χ2n) is 4.41. The minimum Gasteiger partial charge on any atom is -0.358 e. The Balaban J connectivity index is 2.46. The first kappa shape index (κ1) is 12.2. The number of hydrogen-bond acceptors (Lipinski definition) is 3. The molecule has 0 atom stereocenters. The zero-order valence-corrected chi connectivity index (χ0v) is 10.3. The van der Waals surface area contributed by atoms with Gasteiger partial charge in [-0.05, 0) is 39.1 Å². The molecule has 0 radical (unpaired) electrons. The third-order valence-corrected chi connectivity index (χ3v) is 2.85. The summed E-state index contributed by atoms with van der Waals surface area (Å²) in [6.07, 6.45) is 1.43. The van der Waals surface area contributed by atoms with Gasteiger partial charge in [-0.25, -0.2) is 0 Å². The number of benzene rings is 1. The highest BCUT2D eigenvalue weighted by Gasteiger charge is 2.15. The minimum absolute atomic E-state index is 0.102. The first-order chi connectivity index (χ1) is 8.59. The van der Waals surface area contributed by atoms with E-state index in [1.165, 1.54) is 11.8 Å². The molecule has 4 nitrogen and oxygen atoms in total. The molecule has 0 aliphatic heterocycles. The van der Waals surface area contributed by atoms with Gasteiger partial charge in [0.15, 0.2) is 0 Å². The lowest BCUT2D eigenvalue weighted by molar-refractivity contribution is -0.388. The Labute approximate surface area is 105 Å². The van der Waals surface area contributed by atoms with E-state index in [1.807, 2.05) is 24.3 Å². The third kappa shape index (κ3) is 2.37. The molecule has 2 rings (SSSR count). The molecular weight excluding hydrogens is 228 g/mol. The highest BCUT2D eigenvalue weighted by molar-refractivity contribution is 5.71. The van der Waals surface area contributed by atoms with Crippen LogP contribution < -0.4 is 0 Å². The molecule has 0 saturated carbocycles. The lowest BCUT2D eigenvalue weighted by Crippen LogP contribution is -1.95. The molecule has 18 heavy (non-hydrogen) atoms. The number of pyridine rings is 1. The van der Waals surface area contributed by atoms with Gasteiger partial charge in [-0.15, -0.1) is 0 Å². The molecule has 1 aromatic carbocycles. The van der Waals surface area contributed by atoms with E-state index in [-0.39, 0.29) is 5.82 Å². The maximum absolute atomic E-state index is 10.9. The lowest BCUT2D eigenvalue weighted by Gasteiger charge is -2.07. The van der Waals surface area contributed by atoms with Gasteiger partial charge in [0.1, 0.15) is 6.20 Å². The molecule has 0 aliphatic rings. The Morgan fingerprint density at radius 1 is 1.17 bits per heavy atom. The summed E-state index contributed by atoms with van der Waals surface area (Å²) in [5.74, 6) is 0.345. The first-order valence-corrected chi connectivity index (χ1v) is 5.79. The van der Waals surface area contributed by atoms with E-state index in [2.05, 4.69) is 18.8 Å². The van der Waals surface area contributed by atoms with Crippen LogP contribution in [0.15, 0.2) is 42.6 Å². The Morgan fingerprint density at radius 2 is 1.83 bits per heavy atom. The average Bonchev–Trinajstić information content (AvgIpc) is 2.39. The maximum Gasteiger partial charge on any atom is 0.371 e. The minimum atomic E-state index is -0.453. The van der Waals surface area contributed by atoms with Crippen molar-refractivity contribution in [1.82, 2.24) is 4.98 Å². The highest BCUT2D eigenvalue weighted by atomic mass is 16.6. The van der Waals surface area contributed by atoms with Gasteiger partial charge in [-0.1, -0.05) is 38.1 Å². The SMILES string of the molecule is CC(C)c1ccc(-c2cccnc2[N+](=O)[O-])cc1. The van der Waals surface area contributed by atoms with E-state index >= 15 is 0 Å². The highest BCUT2D eigenvalue weighted by Crippen LogP contribution is 2.28. The van der Waals surface area contributed by atoms with Crippen molar-refractivity contribution in [2.75, 3.05) is 0 Å². The Kier molecular flexibility index (Phi) is 3.37. The molecule has 0 unspecified atom stereocenters. The van der Waals surface area contributed by atoms with Crippen LogP contribution in [0, 0.1) is 10.1 Å². The molecule has 2 aromatic rings. The van der Waals surface area contributed by atoms with Crippen LogP contribution in [0.25, 0.3) is 11.1 Å². The fourth-order valence-electron chi connectivity index (χ4n) is 1.82. The molecule has 0 bridgehead atoms. The summed E-state index contributed by atoms with van der Waals surface area (Å²) in [5.41, 5.74) is 2.59. The topological polar surface area (TPSA) is 56.0 Å². The van der Waals surface area contributed by atoms with E-state index in [1.54, 1.807) is 12.1 Å². The number of nitrogens with zero attached hydrogens (tertiary/aromatic N) is 2. The van der Waals surface area contributed by atoms with Crippen LogP contribution in [0.5, 0.6) is 0 Å². The fourth-order valence-corrected chi connectivity index (χ4v) is 1.82. The molecule has 0 fully saturated rings. The summed E-state index contributed by atoms with van der Waals surface area (Å²) < 4.78 is 0. The van der Waals surface area contributed by atoms with Crippen molar-refractivity contribution in [2.24, 2.45) is 0 Å². The predicted octanol–water partition coefficient (Wildman–Crippen LogP) is 3.78. The molecular formula is C14H14N2O2. The van der Waals surface area contributed by atoms with Crippen molar-refractivity contribution in [2.45, 2.75) is 19.8 Å². The van der Waals surface area contributed by atoms with Gasteiger partial charge in [-0.3, -0.25) is 0 Å². The maximum atomic E-state index is 10.9. The van der Waals surface area contributed by atoms with Gasteiger partial charge < -0.3 is 10.1 Å². The number of hydrogen-bond donors (Lipinski definition) is 0. The normalized spacial score (nSPS) is 10.6. The zero-order chi connectivity index (χ0) is 13.1. The second-order valence-corrected chi connectivity index (χ2v) is 4.41. The molecule has 0 aliphatic carbocycles. The van der Waals surface area contributed by atoms with E-state index in [9.17, 15) is 10.1 Å². The van der Waals surface area contributed by atoms with Crippen LogP contribution in [-0.2, 0) is 0 Å². The standard InChI is InChI=1S/C14H14N2O2/c1-10(2)11-5-7-12(8-6-11)13-4-3-9-15-14(13)16(17)18/h3-10H,1-2H3. The van der Waals surface area contributed by atoms with Crippen LogP contribution >= 0.6 is 0 Å². The van der Waals surface area contributed by atoms with E-state index < -0.39 is 4.92 Å². The third-order valence-electron chi connectivity index (χ3n) is 2.85. The number of aromatic nitrogens is 1. The Bertz CT molecular complexity index is 562. The van der Waals surface area contributed by atoms with Gasteiger partial charge in [0, 0.05) is 0 Å². The quantitative estimate of drug-likeness (QED) is 0.608. The molecule has 1 aromatic heterocycles. The summed E-state index contributed by atoms with van der Waals surface area (Å²) in [4.78, 5) is 14.3. The summed E-state index contributed by atoms with van der Waals surface area (Å²) >= 11 is 0. The Morgan fingerprint density at radius 3 is 2.39 bits per heavy atom. The summed E-state index contributed by atoms with van der Waals surface area (Å²) in [6, 6.07) is 11.2. The van der Waals surface area contributed by atoms with E-state index in [0.29, 0.717) is 11.5 Å². The van der Waals surface area contributed by atoms with Crippen LogP contribution in [0.1, 0.15) is 25.3 Å². The molecule has 0 saturated heterocycles. The van der Waals surface area contributed by atoms with Gasteiger partial charge >= 0.3 is 5.82 Å². The fraction of sp³-hybridized carbons (Fsp3) is 0.214. The van der Waals surface area contributed by atoms with Crippen molar-refractivity contribution in [1.29, 1.82) is 0 Å². The predicted molar refractivity (Wildman–Crippen MR) is 70.4 cm³/mol.